The number of carbonyl (C=O) groups is 2. The molecule has 0 radical (unpaired) electrons. The molecule has 11 heteroatoms. The molecule has 10 nitrogen and oxygen atoms in total. The third-order valence-corrected chi connectivity index (χ3v) is 6.62. The Kier molecular flexibility index (Phi) is 10.7. The van der Waals surface area contributed by atoms with E-state index < -0.39 is 26.5 Å². The minimum Gasteiger partial charge on any atom is -0.484 e. The quantitative estimate of drug-likeness (QED) is 0.178. The average Bonchev–Trinajstić information content (AvgIpc) is 2.79. The van der Waals surface area contributed by atoms with Crippen LogP contribution in [0.2, 0.25) is 0 Å². The summed E-state index contributed by atoms with van der Waals surface area (Å²) < 4.78 is 35.0. The van der Waals surface area contributed by atoms with Gasteiger partial charge in [0.05, 0.1) is 15.6 Å². The Hall–Kier alpha value is -3.47. The van der Waals surface area contributed by atoms with Crippen molar-refractivity contribution in [2.24, 2.45) is 0 Å². The number of aryl methyl sites for hydroxylation is 2. The van der Waals surface area contributed by atoms with Gasteiger partial charge in [-0.25, -0.2) is 8.42 Å². The molecule has 0 fully saturated rings. The zero-order valence-electron chi connectivity index (χ0n) is 19.8. The molecule has 2 aromatic rings. The third kappa shape index (κ3) is 10.1. The second-order valence-corrected chi connectivity index (χ2v) is 10.2. The van der Waals surface area contributed by atoms with Crippen LogP contribution < -0.4 is 10.1 Å². The van der Waals surface area contributed by atoms with Gasteiger partial charge in [0, 0.05) is 25.1 Å². The first kappa shape index (κ1) is 27.8. The first-order valence-corrected chi connectivity index (χ1v) is 12.8. The second kappa shape index (κ2) is 13.4. The summed E-state index contributed by atoms with van der Waals surface area (Å²) in [5.41, 5.74) is 1.79. The Bertz CT molecular complexity index is 1130. The number of nitrogens with zero attached hydrogens (tertiary/aromatic N) is 1. The van der Waals surface area contributed by atoms with Gasteiger partial charge in [0.1, 0.15) is 12.4 Å². The molecule has 0 spiro atoms. The average molecular weight is 507 g/mol. The summed E-state index contributed by atoms with van der Waals surface area (Å²) in [6, 6.07) is 10.5. The number of unbranched alkanes of at least 4 members (excludes halogenated alkanes) is 2. The number of carbonyl (C=O) groups excluding carboxylic acids is 2. The minimum absolute atomic E-state index is 0.0749. The van der Waals surface area contributed by atoms with Crippen LogP contribution in [-0.4, -0.2) is 50.7 Å². The lowest BCUT2D eigenvalue weighted by Crippen LogP contribution is -2.29. The molecule has 35 heavy (non-hydrogen) atoms. The molecular weight excluding hydrogens is 476 g/mol. The third-order valence-electron chi connectivity index (χ3n) is 4.95. The lowest BCUT2D eigenvalue weighted by Gasteiger charge is -2.09. The van der Waals surface area contributed by atoms with Crippen molar-refractivity contribution in [3.8, 4) is 5.75 Å². The van der Waals surface area contributed by atoms with Crippen molar-refractivity contribution < 1.29 is 32.4 Å². The zero-order valence-corrected chi connectivity index (χ0v) is 20.6. The molecule has 190 valence electrons. The van der Waals surface area contributed by atoms with E-state index in [0.29, 0.717) is 31.6 Å². The van der Waals surface area contributed by atoms with Crippen molar-refractivity contribution in [2.45, 2.75) is 44.4 Å². The molecule has 0 aromatic heterocycles. The first-order valence-electron chi connectivity index (χ1n) is 11.2. The Morgan fingerprint density at radius 1 is 1.03 bits per heavy atom. The van der Waals surface area contributed by atoms with Gasteiger partial charge in [-0.15, -0.1) is 0 Å². The second-order valence-electron chi connectivity index (χ2n) is 8.07. The highest BCUT2D eigenvalue weighted by Gasteiger charge is 2.18. The molecule has 0 unspecified atom stereocenters. The van der Waals surface area contributed by atoms with Gasteiger partial charge >= 0.3 is 5.97 Å². The van der Waals surface area contributed by atoms with Crippen LogP contribution >= 0.6 is 0 Å². The zero-order chi connectivity index (χ0) is 25.8. The summed E-state index contributed by atoms with van der Waals surface area (Å²) in [6.07, 6.45) is 2.01. The Morgan fingerprint density at radius 3 is 2.43 bits per heavy atom. The fourth-order valence-electron chi connectivity index (χ4n) is 3.26. The van der Waals surface area contributed by atoms with Gasteiger partial charge in [0.25, 0.3) is 11.6 Å². The molecule has 0 atom stereocenters. The Balaban J connectivity index is 1.56. The predicted octanol–water partition coefficient (Wildman–Crippen LogP) is 3.28. The number of non-ortho nitro benzene ring substituents is 1. The molecule has 0 saturated carbocycles. The largest absolute Gasteiger partial charge is 0.484 e. The van der Waals surface area contributed by atoms with E-state index in [0.717, 1.165) is 17.2 Å². The number of amides is 1. The van der Waals surface area contributed by atoms with Crippen LogP contribution in [0.25, 0.3) is 0 Å². The standard InChI is InChI=1S/C24H30N2O8S/c1-18-13-19(2)15-21(14-18)34-17-23(27)25-10-5-3-4-9-24(28)33-11-12-35(31,32)22-8-6-7-20(16-22)26(29)30/h6-8,13-16H,3-5,9-12,17H2,1-2H3,(H,25,27). The smallest absolute Gasteiger partial charge is 0.305 e. The molecular formula is C24H30N2O8S. The lowest BCUT2D eigenvalue weighted by molar-refractivity contribution is -0.385. The number of esters is 1. The Labute approximate surface area is 204 Å². The normalized spacial score (nSPS) is 11.0. The van der Waals surface area contributed by atoms with Gasteiger partial charge in [0.15, 0.2) is 16.4 Å². The van der Waals surface area contributed by atoms with Crippen molar-refractivity contribution in [3.05, 3.63) is 63.7 Å². The van der Waals surface area contributed by atoms with Gasteiger partial charge in [-0.3, -0.25) is 19.7 Å². The lowest BCUT2D eigenvalue weighted by atomic mass is 10.1. The van der Waals surface area contributed by atoms with E-state index in [1.165, 1.54) is 18.2 Å². The minimum atomic E-state index is -3.81. The molecule has 0 bridgehead atoms. The van der Waals surface area contributed by atoms with E-state index in [-0.39, 0.29) is 36.1 Å². The number of benzene rings is 2. The number of nitro groups is 1. The molecule has 2 rings (SSSR count). The number of hydrogen-bond acceptors (Lipinski definition) is 8. The van der Waals surface area contributed by atoms with Crippen LogP contribution in [0, 0.1) is 24.0 Å². The van der Waals surface area contributed by atoms with Crippen LogP contribution in [0.5, 0.6) is 5.75 Å². The summed E-state index contributed by atoms with van der Waals surface area (Å²) in [5, 5.41) is 13.6. The van der Waals surface area contributed by atoms with Gasteiger partial charge in [-0.2, -0.15) is 0 Å². The highest BCUT2D eigenvalue weighted by Crippen LogP contribution is 2.18. The number of nitro benzene ring substituents is 1. The molecule has 0 aliphatic heterocycles. The van der Waals surface area contributed by atoms with Crippen molar-refractivity contribution in [1.82, 2.24) is 5.32 Å². The predicted molar refractivity (Wildman–Crippen MR) is 129 cm³/mol. The highest BCUT2D eigenvalue weighted by atomic mass is 32.2. The van der Waals surface area contributed by atoms with E-state index >= 15 is 0 Å². The number of sulfone groups is 1. The van der Waals surface area contributed by atoms with Gasteiger partial charge < -0.3 is 14.8 Å². The topological polar surface area (TPSA) is 142 Å². The number of nitrogens with one attached hydrogen (secondary N) is 1. The molecule has 0 heterocycles. The van der Waals surface area contributed by atoms with E-state index in [1.54, 1.807) is 0 Å². The molecule has 1 amide bonds. The van der Waals surface area contributed by atoms with Crippen LogP contribution in [0.15, 0.2) is 47.4 Å². The van der Waals surface area contributed by atoms with Gasteiger partial charge in [-0.05, 0) is 56.0 Å². The monoisotopic (exact) mass is 506 g/mol. The Morgan fingerprint density at radius 2 is 1.74 bits per heavy atom. The van der Waals surface area contributed by atoms with Crippen molar-refractivity contribution >= 4 is 27.4 Å². The van der Waals surface area contributed by atoms with Crippen molar-refractivity contribution in [3.63, 3.8) is 0 Å². The van der Waals surface area contributed by atoms with Gasteiger partial charge in [-0.1, -0.05) is 18.6 Å². The maximum absolute atomic E-state index is 12.3. The van der Waals surface area contributed by atoms with Crippen LogP contribution in [0.1, 0.15) is 36.8 Å². The van der Waals surface area contributed by atoms with E-state index in [1.807, 2.05) is 32.0 Å². The number of rotatable bonds is 14. The van der Waals surface area contributed by atoms with Crippen LogP contribution in [0.4, 0.5) is 5.69 Å². The number of ether oxygens (including phenoxy) is 2. The van der Waals surface area contributed by atoms with E-state index in [4.69, 9.17) is 9.47 Å². The maximum Gasteiger partial charge on any atom is 0.305 e. The number of hydrogen-bond donors (Lipinski definition) is 1. The molecule has 1 N–H and O–H groups in total. The first-order chi connectivity index (χ1) is 16.6. The fourth-order valence-corrected chi connectivity index (χ4v) is 4.39. The summed E-state index contributed by atoms with van der Waals surface area (Å²) in [5.74, 6) is -0.566. The SMILES string of the molecule is Cc1cc(C)cc(OCC(=O)NCCCCCC(=O)OCCS(=O)(=O)c2cccc([N+](=O)[O-])c2)c1. The molecule has 2 aromatic carbocycles. The fraction of sp³-hybridized carbons (Fsp3) is 0.417. The molecule has 0 aliphatic rings. The summed E-state index contributed by atoms with van der Waals surface area (Å²) in [6.45, 7) is 3.95. The van der Waals surface area contributed by atoms with Crippen LogP contribution in [-0.2, 0) is 24.2 Å². The van der Waals surface area contributed by atoms with Crippen LogP contribution in [0.3, 0.4) is 0 Å². The summed E-state index contributed by atoms with van der Waals surface area (Å²) in [7, 11) is -3.81. The molecule has 0 saturated heterocycles. The van der Waals surface area contributed by atoms with E-state index in [9.17, 15) is 28.1 Å². The van der Waals surface area contributed by atoms with Crippen molar-refractivity contribution in [2.75, 3.05) is 25.5 Å². The maximum atomic E-state index is 12.3. The molecule has 0 aliphatic carbocycles. The highest BCUT2D eigenvalue weighted by molar-refractivity contribution is 7.91. The summed E-state index contributed by atoms with van der Waals surface area (Å²) >= 11 is 0. The van der Waals surface area contributed by atoms with Crippen molar-refractivity contribution in [1.29, 1.82) is 0 Å². The summed E-state index contributed by atoms with van der Waals surface area (Å²) in [4.78, 5) is 33.6. The van der Waals surface area contributed by atoms with Gasteiger partial charge in [0.2, 0.25) is 0 Å². The van der Waals surface area contributed by atoms with E-state index in [2.05, 4.69) is 5.32 Å².